The summed E-state index contributed by atoms with van der Waals surface area (Å²) >= 11 is 7.52. The number of aromatic nitrogens is 3. The molecule has 5 rings (SSSR count). The van der Waals surface area contributed by atoms with Crippen LogP contribution in [0.25, 0.3) is 17.3 Å². The summed E-state index contributed by atoms with van der Waals surface area (Å²) in [7, 11) is 0. The molecule has 39 heavy (non-hydrogen) atoms. The largest absolute Gasteiger partial charge is 0.461 e. The molecule has 0 aliphatic carbocycles. The zero-order valence-electron chi connectivity index (χ0n) is 21.9. The van der Waals surface area contributed by atoms with Crippen molar-refractivity contribution in [1.29, 1.82) is 0 Å². The van der Waals surface area contributed by atoms with Crippen LogP contribution in [0.3, 0.4) is 0 Å². The first kappa shape index (κ1) is 27.0. The van der Waals surface area contributed by atoms with Gasteiger partial charge in [-0.25, -0.2) is 0 Å². The topological polar surface area (TPSA) is 84.5 Å². The Morgan fingerprint density at radius 3 is 2.51 bits per heavy atom. The van der Waals surface area contributed by atoms with Crippen LogP contribution in [-0.2, 0) is 4.79 Å². The molecule has 1 fully saturated rings. The maximum atomic E-state index is 13.0. The standard InChI is InChI=1S/C29H30ClN5O3S/c1-20-7-13-24(14-8-20)35-27(25-5-3-17-38-25)31-32-29(35)39-18-4-6-26(36)33-15-16-34(21(2)19-33)28(37)22-9-11-23(30)12-10-22/h3,5,7-14,17,21H,4,6,15-16,18-19H2,1-2H3. The van der Waals surface area contributed by atoms with Gasteiger partial charge in [0, 0.05) is 54.1 Å². The molecule has 202 valence electrons. The van der Waals surface area contributed by atoms with E-state index in [0.717, 1.165) is 16.6 Å². The van der Waals surface area contributed by atoms with Gasteiger partial charge in [-0.05, 0) is 68.8 Å². The van der Waals surface area contributed by atoms with E-state index in [4.69, 9.17) is 16.0 Å². The Kier molecular flexibility index (Phi) is 8.38. The van der Waals surface area contributed by atoms with Crippen molar-refractivity contribution in [3.63, 3.8) is 0 Å². The van der Waals surface area contributed by atoms with E-state index in [1.807, 2.05) is 52.5 Å². The molecule has 8 nitrogen and oxygen atoms in total. The number of hydrogen-bond donors (Lipinski definition) is 0. The molecule has 4 aromatic rings. The number of carbonyl (C=O) groups is 2. The molecular formula is C29H30ClN5O3S. The molecule has 2 aromatic carbocycles. The average molecular weight is 564 g/mol. The zero-order chi connectivity index (χ0) is 27.4. The lowest BCUT2D eigenvalue weighted by Crippen LogP contribution is -2.55. The quantitative estimate of drug-likeness (QED) is 0.201. The summed E-state index contributed by atoms with van der Waals surface area (Å²) in [4.78, 5) is 29.6. The monoisotopic (exact) mass is 563 g/mol. The fraction of sp³-hybridized carbons (Fsp3) is 0.310. The minimum Gasteiger partial charge on any atom is -0.461 e. The van der Waals surface area contributed by atoms with Crippen molar-refractivity contribution in [3.8, 4) is 17.3 Å². The van der Waals surface area contributed by atoms with Crippen molar-refractivity contribution in [2.75, 3.05) is 25.4 Å². The van der Waals surface area contributed by atoms with Gasteiger partial charge in [0.25, 0.3) is 5.91 Å². The smallest absolute Gasteiger partial charge is 0.254 e. The van der Waals surface area contributed by atoms with Gasteiger partial charge >= 0.3 is 0 Å². The summed E-state index contributed by atoms with van der Waals surface area (Å²) in [6.45, 7) is 5.60. The number of nitrogens with zero attached hydrogens (tertiary/aromatic N) is 5. The van der Waals surface area contributed by atoms with E-state index in [-0.39, 0.29) is 17.9 Å². The molecule has 2 aromatic heterocycles. The van der Waals surface area contributed by atoms with Crippen LogP contribution in [0.5, 0.6) is 0 Å². The van der Waals surface area contributed by atoms with Crippen LogP contribution >= 0.6 is 23.4 Å². The lowest BCUT2D eigenvalue weighted by molar-refractivity contribution is -0.133. The van der Waals surface area contributed by atoms with Crippen molar-refractivity contribution >= 4 is 35.2 Å². The van der Waals surface area contributed by atoms with Gasteiger partial charge in [0.05, 0.1) is 6.26 Å². The van der Waals surface area contributed by atoms with Crippen LogP contribution in [0.2, 0.25) is 5.02 Å². The summed E-state index contributed by atoms with van der Waals surface area (Å²) in [6.07, 6.45) is 2.77. The molecule has 1 atom stereocenters. The van der Waals surface area contributed by atoms with Crippen LogP contribution in [0.15, 0.2) is 76.5 Å². The SMILES string of the molecule is Cc1ccc(-n2c(SCCCC(=O)N3CCN(C(=O)c4ccc(Cl)cc4)C(C)C3)nnc2-c2ccco2)cc1. The predicted molar refractivity (Wildman–Crippen MR) is 152 cm³/mol. The Labute approximate surface area is 237 Å². The summed E-state index contributed by atoms with van der Waals surface area (Å²) in [5.41, 5.74) is 2.73. The number of amides is 2. The number of thioether (sulfide) groups is 1. The molecule has 0 radical (unpaired) electrons. The van der Waals surface area contributed by atoms with Crippen LogP contribution in [0, 0.1) is 6.92 Å². The predicted octanol–water partition coefficient (Wildman–Crippen LogP) is 5.73. The fourth-order valence-corrected chi connectivity index (χ4v) is 5.66. The van der Waals surface area contributed by atoms with Gasteiger partial charge < -0.3 is 14.2 Å². The number of halogens is 1. The summed E-state index contributed by atoms with van der Waals surface area (Å²) < 4.78 is 7.58. The second-order valence-corrected chi connectivity index (χ2v) is 11.1. The Morgan fingerprint density at radius 2 is 1.82 bits per heavy atom. The third-order valence-corrected chi connectivity index (χ3v) is 8.03. The van der Waals surface area contributed by atoms with E-state index in [0.29, 0.717) is 54.6 Å². The van der Waals surface area contributed by atoms with Gasteiger partial charge in [-0.2, -0.15) is 0 Å². The fourth-order valence-electron chi connectivity index (χ4n) is 4.64. The van der Waals surface area contributed by atoms with E-state index in [9.17, 15) is 9.59 Å². The third-order valence-electron chi connectivity index (χ3n) is 6.77. The number of carbonyl (C=O) groups excluding carboxylic acids is 2. The van der Waals surface area contributed by atoms with E-state index in [2.05, 4.69) is 22.3 Å². The van der Waals surface area contributed by atoms with Crippen molar-refractivity contribution in [2.45, 2.75) is 37.9 Å². The van der Waals surface area contributed by atoms with E-state index >= 15 is 0 Å². The first-order valence-corrected chi connectivity index (χ1v) is 14.3. The van der Waals surface area contributed by atoms with Crippen LogP contribution in [-0.4, -0.2) is 67.8 Å². The number of aryl methyl sites for hydroxylation is 1. The molecule has 1 unspecified atom stereocenters. The number of benzene rings is 2. The molecule has 0 saturated carbocycles. The van der Waals surface area contributed by atoms with Crippen LogP contribution in [0.4, 0.5) is 0 Å². The van der Waals surface area contributed by atoms with Gasteiger partial charge in [0.2, 0.25) is 11.7 Å². The average Bonchev–Trinajstić information content (AvgIpc) is 3.62. The highest BCUT2D eigenvalue weighted by Gasteiger charge is 2.30. The van der Waals surface area contributed by atoms with Crippen molar-refractivity contribution in [3.05, 3.63) is 83.1 Å². The second-order valence-electron chi connectivity index (χ2n) is 9.60. The zero-order valence-corrected chi connectivity index (χ0v) is 23.5. The second kappa shape index (κ2) is 12.1. The van der Waals surface area contributed by atoms with Crippen molar-refractivity contribution < 1.29 is 14.0 Å². The molecule has 1 aliphatic rings. The van der Waals surface area contributed by atoms with E-state index in [1.165, 1.54) is 5.56 Å². The third kappa shape index (κ3) is 6.20. The van der Waals surface area contributed by atoms with Gasteiger partial charge in [0.15, 0.2) is 10.9 Å². The number of furan rings is 1. The summed E-state index contributed by atoms with van der Waals surface area (Å²) in [6, 6.07) is 18.7. The van der Waals surface area contributed by atoms with Crippen molar-refractivity contribution in [2.24, 2.45) is 0 Å². The molecule has 0 spiro atoms. The normalized spacial score (nSPS) is 15.5. The lowest BCUT2D eigenvalue weighted by atomic mass is 10.1. The van der Waals surface area contributed by atoms with Gasteiger partial charge in [0.1, 0.15) is 0 Å². The minimum atomic E-state index is -0.0617. The molecule has 0 N–H and O–H groups in total. The number of piperazine rings is 1. The highest BCUT2D eigenvalue weighted by atomic mass is 35.5. The van der Waals surface area contributed by atoms with Gasteiger partial charge in [-0.15, -0.1) is 10.2 Å². The Bertz CT molecular complexity index is 1420. The molecular weight excluding hydrogens is 534 g/mol. The van der Waals surface area contributed by atoms with Gasteiger partial charge in [-0.1, -0.05) is 41.1 Å². The van der Waals surface area contributed by atoms with E-state index < -0.39 is 0 Å². The minimum absolute atomic E-state index is 0.0331. The van der Waals surface area contributed by atoms with Crippen molar-refractivity contribution in [1.82, 2.24) is 24.6 Å². The summed E-state index contributed by atoms with van der Waals surface area (Å²) in [5, 5.41) is 10.2. The first-order chi connectivity index (χ1) is 18.9. The molecule has 1 aliphatic heterocycles. The molecule has 3 heterocycles. The van der Waals surface area contributed by atoms with Gasteiger partial charge in [-0.3, -0.25) is 14.2 Å². The van der Waals surface area contributed by atoms with E-state index in [1.54, 1.807) is 42.3 Å². The number of hydrogen-bond acceptors (Lipinski definition) is 6. The maximum absolute atomic E-state index is 13.0. The number of rotatable bonds is 8. The molecule has 2 amide bonds. The molecule has 0 bridgehead atoms. The highest BCUT2D eigenvalue weighted by molar-refractivity contribution is 7.99. The first-order valence-electron chi connectivity index (χ1n) is 12.9. The lowest BCUT2D eigenvalue weighted by Gasteiger charge is -2.40. The maximum Gasteiger partial charge on any atom is 0.254 e. The Balaban J connectivity index is 1.16. The highest BCUT2D eigenvalue weighted by Crippen LogP contribution is 2.29. The van der Waals surface area contributed by atoms with Crippen LogP contribution in [0.1, 0.15) is 35.7 Å². The summed E-state index contributed by atoms with van der Waals surface area (Å²) in [5.74, 6) is 2.08. The Hall–Kier alpha value is -3.56. The van der Waals surface area contributed by atoms with Crippen LogP contribution < -0.4 is 0 Å². The molecule has 10 heteroatoms. The Morgan fingerprint density at radius 1 is 1.05 bits per heavy atom. The molecule has 1 saturated heterocycles.